The summed E-state index contributed by atoms with van der Waals surface area (Å²) in [6.07, 6.45) is 7.85. The van der Waals surface area contributed by atoms with Crippen LogP contribution in [0.5, 0.6) is 0 Å². The Morgan fingerprint density at radius 2 is 1.07 bits per heavy atom. The van der Waals surface area contributed by atoms with Gasteiger partial charge in [0, 0.05) is 0 Å². The van der Waals surface area contributed by atoms with Gasteiger partial charge in [-0.15, -0.1) is 11.6 Å². The molecule has 0 saturated carbocycles. The van der Waals surface area contributed by atoms with E-state index in [1.165, 1.54) is 34.2 Å². The van der Waals surface area contributed by atoms with E-state index in [0.29, 0.717) is 5.56 Å². The van der Waals surface area contributed by atoms with Gasteiger partial charge in [-0.2, -0.15) is 4.39 Å². The van der Waals surface area contributed by atoms with Crippen molar-refractivity contribution in [3.05, 3.63) is 127 Å². The number of rotatable bonds is 3. The SMILES string of the molecule is [Au+].[C-]#Cc1ccc(F)nc1.c1ccc([PH+](c2ccccc2)c2ccccc2)cc1. The normalized spacial score (nSPS) is 9.55. The molecule has 1 aromatic heterocycles. The van der Waals surface area contributed by atoms with E-state index >= 15 is 0 Å². The maximum absolute atomic E-state index is 12.0. The molecule has 4 aromatic rings. The molecule has 29 heavy (non-hydrogen) atoms. The molecular formula is C25H19AuFNP+. The summed E-state index contributed by atoms with van der Waals surface area (Å²) in [5.74, 6) is 1.54. The minimum Gasteiger partial charge on any atom is -0.366 e. The van der Waals surface area contributed by atoms with Crippen molar-refractivity contribution in [3.8, 4) is 5.92 Å². The van der Waals surface area contributed by atoms with Crippen molar-refractivity contribution in [3.63, 3.8) is 0 Å². The van der Waals surface area contributed by atoms with Gasteiger partial charge in [0.2, 0.25) is 5.95 Å². The second-order valence-corrected chi connectivity index (χ2v) is 8.45. The maximum Gasteiger partial charge on any atom is 1.00 e. The molecule has 0 spiro atoms. The molecule has 0 radical (unpaired) electrons. The van der Waals surface area contributed by atoms with Crippen molar-refractivity contribution in [2.45, 2.75) is 0 Å². The van der Waals surface area contributed by atoms with Gasteiger partial charge in [0.1, 0.15) is 15.9 Å². The zero-order chi connectivity index (χ0) is 19.6. The number of pyridine rings is 1. The Bertz CT molecular complexity index is 923. The van der Waals surface area contributed by atoms with Crippen LogP contribution >= 0.6 is 7.92 Å². The van der Waals surface area contributed by atoms with E-state index in [1.807, 2.05) is 0 Å². The first-order valence-corrected chi connectivity index (χ1v) is 10.4. The molecule has 0 bridgehead atoms. The van der Waals surface area contributed by atoms with E-state index in [0.717, 1.165) is 0 Å². The van der Waals surface area contributed by atoms with Gasteiger partial charge in [-0.25, -0.2) is 4.98 Å². The van der Waals surface area contributed by atoms with E-state index < -0.39 is 13.9 Å². The Hall–Kier alpha value is -2.53. The van der Waals surface area contributed by atoms with Crippen LogP contribution in [0.25, 0.3) is 0 Å². The average Bonchev–Trinajstić information content (AvgIpc) is 2.77. The minimum atomic E-state index is -0.877. The van der Waals surface area contributed by atoms with Gasteiger partial charge >= 0.3 is 22.4 Å². The molecule has 0 N–H and O–H groups in total. The molecule has 0 amide bonds. The van der Waals surface area contributed by atoms with Gasteiger partial charge in [0.05, 0.1) is 7.92 Å². The van der Waals surface area contributed by atoms with Crippen LogP contribution in [0.3, 0.4) is 0 Å². The summed E-state index contributed by atoms with van der Waals surface area (Å²) in [5.41, 5.74) is 0.483. The summed E-state index contributed by atoms with van der Waals surface area (Å²) in [6, 6.07) is 35.1. The summed E-state index contributed by atoms with van der Waals surface area (Å²) >= 11 is 0. The van der Waals surface area contributed by atoms with Gasteiger partial charge in [-0.1, -0.05) is 54.6 Å². The zero-order valence-corrected chi connectivity index (χ0v) is 18.7. The third kappa shape index (κ3) is 6.79. The Morgan fingerprint density at radius 3 is 1.38 bits per heavy atom. The number of aromatic nitrogens is 1. The van der Waals surface area contributed by atoms with E-state index in [-0.39, 0.29) is 22.4 Å². The van der Waals surface area contributed by atoms with Crippen LogP contribution in [0.4, 0.5) is 4.39 Å². The molecule has 146 valence electrons. The third-order valence-corrected chi connectivity index (χ3v) is 6.79. The summed E-state index contributed by atoms with van der Waals surface area (Å²) in [7, 11) is -0.877. The quantitative estimate of drug-likeness (QED) is 0.116. The molecule has 0 aliphatic heterocycles. The van der Waals surface area contributed by atoms with Crippen molar-refractivity contribution < 1.29 is 26.8 Å². The molecular weight excluding hydrogens is 561 g/mol. The topological polar surface area (TPSA) is 12.9 Å². The van der Waals surface area contributed by atoms with Gasteiger partial charge < -0.3 is 6.42 Å². The molecule has 3 aromatic carbocycles. The Morgan fingerprint density at radius 1 is 0.655 bits per heavy atom. The second kappa shape index (κ2) is 12.1. The fraction of sp³-hybridized carbons (Fsp3) is 0. The van der Waals surface area contributed by atoms with Gasteiger partial charge in [-0.3, -0.25) is 5.92 Å². The summed E-state index contributed by atoms with van der Waals surface area (Å²) in [4.78, 5) is 3.30. The summed E-state index contributed by atoms with van der Waals surface area (Å²) in [5, 5.41) is 4.31. The van der Waals surface area contributed by atoms with Crippen molar-refractivity contribution in [2.75, 3.05) is 0 Å². The molecule has 4 heteroatoms. The number of nitrogens with zero attached hydrogens (tertiary/aromatic N) is 1. The Labute approximate surface area is 188 Å². The van der Waals surface area contributed by atoms with E-state index in [2.05, 4.69) is 102 Å². The minimum absolute atomic E-state index is 0. The van der Waals surface area contributed by atoms with Crippen molar-refractivity contribution in [1.29, 1.82) is 0 Å². The number of hydrogen-bond donors (Lipinski definition) is 0. The Balaban J connectivity index is 0.000000255. The van der Waals surface area contributed by atoms with Gasteiger partial charge in [0.15, 0.2) is 0 Å². The van der Waals surface area contributed by atoms with Crippen LogP contribution in [0, 0.1) is 18.3 Å². The average molecular weight is 580 g/mol. The largest absolute Gasteiger partial charge is 1.00 e. The van der Waals surface area contributed by atoms with E-state index in [4.69, 9.17) is 6.42 Å². The van der Waals surface area contributed by atoms with Gasteiger partial charge in [-0.05, 0) is 48.7 Å². The molecule has 0 fully saturated rings. The van der Waals surface area contributed by atoms with Crippen LogP contribution < -0.4 is 15.9 Å². The molecule has 0 aliphatic rings. The second-order valence-electron chi connectivity index (χ2n) is 5.97. The predicted octanol–water partition coefficient (Wildman–Crippen LogP) is 4.33. The van der Waals surface area contributed by atoms with Crippen LogP contribution in [-0.2, 0) is 22.4 Å². The first-order valence-electron chi connectivity index (χ1n) is 8.85. The van der Waals surface area contributed by atoms with Crippen LogP contribution in [0.15, 0.2) is 109 Å². The standard InChI is InChI=1S/C18H15P.C7H3FN.Au/c1-4-10-16(11-5-1)19(17-12-6-2-7-13-17)18-14-8-3-9-15-18;1-2-6-3-4-7(8)9-5-6;/h1-15H;3-5H;/q;-1;+1/p+1. The first kappa shape index (κ1) is 22.8. The van der Waals surface area contributed by atoms with Gasteiger partial charge in [0.25, 0.3) is 0 Å². The van der Waals surface area contributed by atoms with Crippen LogP contribution in [0.1, 0.15) is 5.56 Å². The number of benzene rings is 3. The summed E-state index contributed by atoms with van der Waals surface area (Å²) < 4.78 is 12.0. The maximum atomic E-state index is 12.0. The van der Waals surface area contributed by atoms with Crippen molar-refractivity contribution >= 4 is 23.8 Å². The first-order chi connectivity index (χ1) is 13.8. The molecule has 0 unspecified atom stereocenters. The van der Waals surface area contributed by atoms with Crippen LogP contribution in [0.2, 0.25) is 0 Å². The Kier molecular flexibility index (Phi) is 9.51. The molecule has 4 rings (SSSR count). The fourth-order valence-electron chi connectivity index (χ4n) is 2.76. The zero-order valence-electron chi connectivity index (χ0n) is 15.5. The molecule has 0 aliphatic carbocycles. The third-order valence-electron chi connectivity index (χ3n) is 4.06. The fourth-order valence-corrected chi connectivity index (χ4v) is 5.34. The molecule has 1 nitrogen and oxygen atoms in total. The molecule has 0 saturated heterocycles. The predicted molar refractivity (Wildman–Crippen MR) is 117 cm³/mol. The van der Waals surface area contributed by atoms with E-state index in [9.17, 15) is 4.39 Å². The smallest absolute Gasteiger partial charge is 0.366 e. The molecule has 0 atom stereocenters. The van der Waals surface area contributed by atoms with Crippen molar-refractivity contribution in [1.82, 2.24) is 4.98 Å². The molecule has 1 heterocycles. The summed E-state index contributed by atoms with van der Waals surface area (Å²) in [6.45, 7) is 0. The number of hydrogen-bond acceptors (Lipinski definition) is 1. The van der Waals surface area contributed by atoms with E-state index in [1.54, 1.807) is 0 Å². The number of halogens is 1. The monoisotopic (exact) mass is 580 g/mol. The van der Waals surface area contributed by atoms with Crippen molar-refractivity contribution in [2.24, 2.45) is 0 Å². The van der Waals surface area contributed by atoms with Crippen LogP contribution in [-0.4, -0.2) is 4.98 Å².